The van der Waals surface area contributed by atoms with Crippen LogP contribution in [0.4, 0.5) is 22.0 Å². The Balaban J connectivity index is 2.95. The van der Waals surface area contributed by atoms with Crippen LogP contribution >= 0.6 is 0 Å². The summed E-state index contributed by atoms with van der Waals surface area (Å²) in [5, 5.41) is 0. The van der Waals surface area contributed by atoms with Gasteiger partial charge in [0.1, 0.15) is 11.5 Å². The SMILES string of the molecule is Cc1c(OC(F)F)cccc1OC(F)(F)F. The Morgan fingerprint density at radius 1 is 1.12 bits per heavy atom. The number of hydrogen-bond acceptors (Lipinski definition) is 2. The van der Waals surface area contributed by atoms with E-state index < -0.39 is 18.7 Å². The summed E-state index contributed by atoms with van der Waals surface area (Å²) in [5.74, 6) is -0.914. The average Bonchev–Trinajstić information content (AvgIpc) is 2.09. The van der Waals surface area contributed by atoms with Crippen LogP contribution in [0.15, 0.2) is 18.2 Å². The number of rotatable bonds is 3. The molecule has 0 unspecified atom stereocenters. The highest BCUT2D eigenvalue weighted by molar-refractivity contribution is 5.43. The van der Waals surface area contributed by atoms with Gasteiger partial charge in [-0.1, -0.05) is 6.07 Å². The zero-order valence-corrected chi connectivity index (χ0v) is 8.02. The molecular weight excluding hydrogens is 235 g/mol. The van der Waals surface area contributed by atoms with Gasteiger partial charge < -0.3 is 9.47 Å². The van der Waals surface area contributed by atoms with E-state index in [1.54, 1.807) is 0 Å². The molecule has 0 aliphatic rings. The highest BCUT2D eigenvalue weighted by Crippen LogP contribution is 2.32. The van der Waals surface area contributed by atoms with Crippen molar-refractivity contribution in [2.24, 2.45) is 0 Å². The van der Waals surface area contributed by atoms with Crippen molar-refractivity contribution in [2.75, 3.05) is 0 Å². The number of hydrogen-bond donors (Lipinski definition) is 0. The first-order chi connectivity index (χ1) is 7.29. The maximum atomic E-state index is 11.9. The monoisotopic (exact) mass is 242 g/mol. The quantitative estimate of drug-likeness (QED) is 0.755. The molecule has 0 bridgehead atoms. The van der Waals surface area contributed by atoms with Gasteiger partial charge in [0.25, 0.3) is 0 Å². The van der Waals surface area contributed by atoms with Gasteiger partial charge in [0, 0.05) is 5.56 Å². The fourth-order valence-electron chi connectivity index (χ4n) is 1.05. The van der Waals surface area contributed by atoms with Gasteiger partial charge in [-0.2, -0.15) is 8.78 Å². The molecule has 2 nitrogen and oxygen atoms in total. The van der Waals surface area contributed by atoms with E-state index in [0.29, 0.717) is 0 Å². The predicted octanol–water partition coefficient (Wildman–Crippen LogP) is 3.50. The molecule has 1 aromatic carbocycles. The van der Waals surface area contributed by atoms with Crippen LogP contribution in [0.25, 0.3) is 0 Å². The zero-order valence-electron chi connectivity index (χ0n) is 8.02. The highest BCUT2D eigenvalue weighted by atomic mass is 19.4. The number of benzene rings is 1. The lowest BCUT2D eigenvalue weighted by molar-refractivity contribution is -0.274. The molecule has 0 aliphatic heterocycles. The topological polar surface area (TPSA) is 18.5 Å². The van der Waals surface area contributed by atoms with Crippen molar-refractivity contribution < 1.29 is 31.4 Å². The number of ether oxygens (including phenoxy) is 2. The number of halogens is 5. The summed E-state index contributed by atoms with van der Waals surface area (Å²) in [6.45, 7) is -1.90. The van der Waals surface area contributed by atoms with E-state index in [0.717, 1.165) is 18.2 Å². The minimum atomic E-state index is -4.87. The lowest BCUT2D eigenvalue weighted by atomic mass is 10.2. The van der Waals surface area contributed by atoms with Gasteiger partial charge in [-0.25, -0.2) is 0 Å². The molecular formula is C9H7F5O2. The lowest BCUT2D eigenvalue weighted by Crippen LogP contribution is -2.18. The Hall–Kier alpha value is -1.53. The second kappa shape index (κ2) is 4.54. The molecule has 0 aromatic heterocycles. The Kier molecular flexibility index (Phi) is 3.56. The van der Waals surface area contributed by atoms with Gasteiger partial charge in [-0.05, 0) is 19.1 Å². The maximum absolute atomic E-state index is 11.9. The van der Waals surface area contributed by atoms with Crippen molar-refractivity contribution in [3.8, 4) is 11.5 Å². The smallest absolute Gasteiger partial charge is 0.434 e. The molecule has 90 valence electrons. The van der Waals surface area contributed by atoms with Crippen LogP contribution in [0.2, 0.25) is 0 Å². The molecule has 0 aliphatic carbocycles. The summed E-state index contributed by atoms with van der Waals surface area (Å²) in [5.41, 5.74) is -0.139. The zero-order chi connectivity index (χ0) is 12.3. The normalized spacial score (nSPS) is 11.7. The van der Waals surface area contributed by atoms with Gasteiger partial charge in [-0.15, -0.1) is 13.2 Å². The summed E-state index contributed by atoms with van der Waals surface area (Å²) in [4.78, 5) is 0. The minimum absolute atomic E-state index is 0.139. The van der Waals surface area contributed by atoms with Crippen LogP contribution in [0, 0.1) is 6.92 Å². The first-order valence-corrected chi connectivity index (χ1v) is 4.10. The second-order valence-corrected chi connectivity index (χ2v) is 2.81. The maximum Gasteiger partial charge on any atom is 0.573 e. The summed E-state index contributed by atoms with van der Waals surface area (Å²) in [6.07, 6.45) is -4.87. The molecule has 0 fully saturated rings. The molecule has 0 heterocycles. The van der Waals surface area contributed by atoms with Gasteiger partial charge in [0.2, 0.25) is 0 Å². The van der Waals surface area contributed by atoms with E-state index >= 15 is 0 Å². The van der Waals surface area contributed by atoms with Crippen LogP contribution in [0.1, 0.15) is 5.56 Å². The first kappa shape index (κ1) is 12.5. The Morgan fingerprint density at radius 3 is 2.19 bits per heavy atom. The van der Waals surface area contributed by atoms with Crippen molar-refractivity contribution in [3.63, 3.8) is 0 Å². The average molecular weight is 242 g/mol. The minimum Gasteiger partial charge on any atom is -0.434 e. The molecule has 1 rings (SSSR count). The third-order valence-corrected chi connectivity index (χ3v) is 1.68. The Labute approximate surface area is 87.6 Å². The van der Waals surface area contributed by atoms with Crippen LogP contribution in [0.3, 0.4) is 0 Å². The predicted molar refractivity (Wildman–Crippen MR) is 44.5 cm³/mol. The van der Waals surface area contributed by atoms with Crippen LogP contribution in [-0.2, 0) is 0 Å². The van der Waals surface area contributed by atoms with Crippen LogP contribution in [0.5, 0.6) is 11.5 Å². The summed E-state index contributed by atoms with van der Waals surface area (Å²) >= 11 is 0. The van der Waals surface area contributed by atoms with Gasteiger partial charge in [-0.3, -0.25) is 0 Å². The van der Waals surface area contributed by atoms with Crippen molar-refractivity contribution in [3.05, 3.63) is 23.8 Å². The summed E-state index contributed by atoms with van der Waals surface area (Å²) in [7, 11) is 0. The Bertz CT molecular complexity index is 361. The van der Waals surface area contributed by atoms with Crippen molar-refractivity contribution in [2.45, 2.75) is 19.9 Å². The van der Waals surface area contributed by atoms with Crippen molar-refractivity contribution >= 4 is 0 Å². The first-order valence-electron chi connectivity index (χ1n) is 4.10. The fourth-order valence-corrected chi connectivity index (χ4v) is 1.05. The molecule has 1 aromatic rings. The third kappa shape index (κ3) is 3.56. The van der Waals surface area contributed by atoms with E-state index in [4.69, 9.17) is 0 Å². The Morgan fingerprint density at radius 2 is 1.69 bits per heavy atom. The molecule has 0 radical (unpaired) electrons. The molecule has 0 saturated heterocycles. The molecule has 0 spiro atoms. The van der Waals surface area contributed by atoms with Crippen molar-refractivity contribution in [1.82, 2.24) is 0 Å². The standard InChI is InChI=1S/C9H7F5O2/c1-5-6(15-8(10)11)3-2-4-7(5)16-9(12,13)14/h2-4,8H,1H3. The molecule has 0 amide bonds. The van der Waals surface area contributed by atoms with E-state index in [2.05, 4.69) is 9.47 Å². The summed E-state index contributed by atoms with van der Waals surface area (Å²) in [6, 6.07) is 3.28. The highest BCUT2D eigenvalue weighted by Gasteiger charge is 2.32. The van der Waals surface area contributed by atoms with Crippen LogP contribution < -0.4 is 9.47 Å². The van der Waals surface area contributed by atoms with Crippen molar-refractivity contribution in [1.29, 1.82) is 0 Å². The van der Waals surface area contributed by atoms with E-state index in [-0.39, 0.29) is 11.3 Å². The molecule has 0 N–H and O–H groups in total. The molecule has 0 atom stereocenters. The summed E-state index contributed by atoms with van der Waals surface area (Å²) < 4.78 is 67.1. The van der Waals surface area contributed by atoms with Crippen LogP contribution in [-0.4, -0.2) is 13.0 Å². The fraction of sp³-hybridized carbons (Fsp3) is 0.333. The third-order valence-electron chi connectivity index (χ3n) is 1.68. The van der Waals surface area contributed by atoms with Gasteiger partial charge in [0.05, 0.1) is 0 Å². The van der Waals surface area contributed by atoms with Gasteiger partial charge >= 0.3 is 13.0 Å². The molecule has 7 heteroatoms. The lowest BCUT2D eigenvalue weighted by Gasteiger charge is -2.14. The van der Waals surface area contributed by atoms with E-state index in [9.17, 15) is 22.0 Å². The van der Waals surface area contributed by atoms with E-state index in [1.807, 2.05) is 0 Å². The van der Waals surface area contributed by atoms with Gasteiger partial charge in [0.15, 0.2) is 0 Å². The molecule has 0 saturated carbocycles. The number of alkyl halides is 5. The molecule has 16 heavy (non-hydrogen) atoms. The largest absolute Gasteiger partial charge is 0.573 e. The van der Waals surface area contributed by atoms with E-state index in [1.165, 1.54) is 6.92 Å². The second-order valence-electron chi connectivity index (χ2n) is 2.81.